The lowest BCUT2D eigenvalue weighted by Gasteiger charge is -2.15. The maximum absolute atomic E-state index is 11.8. The summed E-state index contributed by atoms with van der Waals surface area (Å²) >= 11 is 0. The lowest BCUT2D eigenvalue weighted by molar-refractivity contribution is -0.121. The van der Waals surface area contributed by atoms with Gasteiger partial charge in [-0.1, -0.05) is 31.2 Å². The van der Waals surface area contributed by atoms with Gasteiger partial charge in [-0.15, -0.1) is 24.0 Å². The molecule has 6 nitrogen and oxygen atoms in total. The van der Waals surface area contributed by atoms with Crippen molar-refractivity contribution in [1.82, 2.24) is 20.9 Å². The Morgan fingerprint density at radius 2 is 1.79 bits per heavy atom. The fraction of sp³-hybridized carbons (Fsp3) is 0.619. The van der Waals surface area contributed by atoms with Crippen molar-refractivity contribution in [1.29, 1.82) is 0 Å². The second kappa shape index (κ2) is 13.8. The van der Waals surface area contributed by atoms with Crippen LogP contribution in [0.5, 0.6) is 0 Å². The average Bonchev–Trinajstić information content (AvgIpc) is 3.18. The molecule has 0 spiro atoms. The summed E-state index contributed by atoms with van der Waals surface area (Å²) < 4.78 is 0. The van der Waals surface area contributed by atoms with Crippen LogP contribution in [0.4, 0.5) is 0 Å². The van der Waals surface area contributed by atoms with E-state index in [2.05, 4.69) is 57.0 Å². The third kappa shape index (κ3) is 9.23. The second-order valence-corrected chi connectivity index (χ2v) is 7.28. The highest BCUT2D eigenvalue weighted by atomic mass is 127. The normalized spacial score (nSPS) is 15.6. The number of halogens is 1. The molecule has 0 aliphatic carbocycles. The van der Waals surface area contributed by atoms with Gasteiger partial charge in [-0.05, 0) is 50.4 Å². The molecule has 0 saturated carbocycles. The van der Waals surface area contributed by atoms with Gasteiger partial charge in [0.25, 0.3) is 0 Å². The number of guanidine groups is 1. The minimum absolute atomic E-state index is 0. The molecule has 1 aliphatic heterocycles. The minimum Gasteiger partial charge on any atom is -0.356 e. The van der Waals surface area contributed by atoms with E-state index >= 15 is 0 Å². The largest absolute Gasteiger partial charge is 0.356 e. The number of rotatable bonds is 9. The molecular formula is C21H36IN5O. The second-order valence-electron chi connectivity index (χ2n) is 7.28. The number of benzene rings is 1. The van der Waals surface area contributed by atoms with Gasteiger partial charge in [0.15, 0.2) is 5.96 Å². The van der Waals surface area contributed by atoms with Crippen LogP contribution in [0.25, 0.3) is 0 Å². The molecule has 0 bridgehead atoms. The van der Waals surface area contributed by atoms with Crippen LogP contribution in [-0.4, -0.2) is 49.5 Å². The molecule has 28 heavy (non-hydrogen) atoms. The molecule has 1 unspecified atom stereocenters. The first-order valence-electron chi connectivity index (χ1n) is 10.1. The van der Waals surface area contributed by atoms with Crippen LogP contribution >= 0.6 is 24.0 Å². The van der Waals surface area contributed by atoms with Gasteiger partial charge < -0.3 is 16.0 Å². The number of nitrogens with one attached hydrogen (secondary N) is 3. The summed E-state index contributed by atoms with van der Waals surface area (Å²) in [6.07, 6.45) is 4.04. The van der Waals surface area contributed by atoms with E-state index in [0.717, 1.165) is 13.0 Å². The molecule has 1 aromatic carbocycles. The molecule has 1 saturated heterocycles. The third-order valence-electron chi connectivity index (χ3n) is 4.98. The van der Waals surface area contributed by atoms with Crippen LogP contribution in [0.2, 0.25) is 0 Å². The fourth-order valence-electron chi connectivity index (χ4n) is 3.11. The monoisotopic (exact) mass is 501 g/mol. The fourth-order valence-corrected chi connectivity index (χ4v) is 3.11. The molecule has 1 amide bonds. The van der Waals surface area contributed by atoms with Gasteiger partial charge in [-0.3, -0.25) is 14.7 Å². The van der Waals surface area contributed by atoms with E-state index in [9.17, 15) is 4.79 Å². The highest BCUT2D eigenvalue weighted by Gasteiger charge is 2.11. The van der Waals surface area contributed by atoms with Crippen LogP contribution in [0, 0.1) is 0 Å². The van der Waals surface area contributed by atoms with Crippen molar-refractivity contribution in [3.63, 3.8) is 0 Å². The first-order valence-corrected chi connectivity index (χ1v) is 10.1. The lowest BCUT2D eigenvalue weighted by atomic mass is 10.1. The van der Waals surface area contributed by atoms with E-state index < -0.39 is 0 Å². The third-order valence-corrected chi connectivity index (χ3v) is 4.98. The standard InChI is InChI=1S/C21H35N5O.HI/c1-4-17(2)25-20(27)11-12-23-21(22-3)24-15-18-7-9-19(10-8-18)16-26-13-5-6-14-26;/h7-10,17H,4-6,11-16H2,1-3H3,(H,25,27)(H2,22,23,24);1H. The van der Waals surface area contributed by atoms with Crippen LogP contribution < -0.4 is 16.0 Å². The van der Waals surface area contributed by atoms with Crippen LogP contribution in [0.1, 0.15) is 50.7 Å². The molecule has 1 aliphatic rings. The molecule has 7 heteroatoms. The predicted molar refractivity (Wildman–Crippen MR) is 127 cm³/mol. The molecular weight excluding hydrogens is 465 g/mol. The molecule has 1 heterocycles. The smallest absolute Gasteiger partial charge is 0.221 e. The maximum Gasteiger partial charge on any atom is 0.221 e. The highest BCUT2D eigenvalue weighted by molar-refractivity contribution is 14.0. The van der Waals surface area contributed by atoms with E-state index in [1.807, 2.05) is 6.92 Å². The summed E-state index contributed by atoms with van der Waals surface area (Å²) in [5.41, 5.74) is 2.59. The van der Waals surface area contributed by atoms with E-state index in [1.165, 1.54) is 37.1 Å². The van der Waals surface area contributed by atoms with Crippen molar-refractivity contribution >= 4 is 35.8 Å². The molecule has 2 rings (SSSR count). The summed E-state index contributed by atoms with van der Waals surface area (Å²) in [5, 5.41) is 9.46. The van der Waals surface area contributed by atoms with Crippen LogP contribution in [-0.2, 0) is 17.9 Å². The Labute approximate surface area is 187 Å². The lowest BCUT2D eigenvalue weighted by Crippen LogP contribution is -2.40. The summed E-state index contributed by atoms with van der Waals surface area (Å²) in [6, 6.07) is 9.00. The summed E-state index contributed by atoms with van der Waals surface area (Å²) in [5.74, 6) is 0.786. The summed E-state index contributed by atoms with van der Waals surface area (Å²) in [6.45, 7) is 8.85. The van der Waals surface area contributed by atoms with E-state index in [1.54, 1.807) is 7.05 Å². The highest BCUT2D eigenvalue weighted by Crippen LogP contribution is 2.13. The summed E-state index contributed by atoms with van der Waals surface area (Å²) in [4.78, 5) is 18.5. The number of nitrogens with zero attached hydrogens (tertiary/aromatic N) is 2. The Kier molecular flexibility index (Phi) is 12.1. The van der Waals surface area contributed by atoms with Crippen LogP contribution in [0.3, 0.4) is 0 Å². The number of likely N-dealkylation sites (tertiary alicyclic amines) is 1. The topological polar surface area (TPSA) is 68.8 Å². The van der Waals surface area contributed by atoms with Crippen molar-refractivity contribution in [2.75, 3.05) is 26.7 Å². The molecule has 3 N–H and O–H groups in total. The van der Waals surface area contributed by atoms with Crippen molar-refractivity contribution in [2.24, 2.45) is 4.99 Å². The SMILES string of the molecule is CCC(C)NC(=O)CCNC(=NC)NCc1ccc(CN2CCCC2)cc1.I. The van der Waals surface area contributed by atoms with Gasteiger partial charge in [0.2, 0.25) is 5.91 Å². The molecule has 0 aromatic heterocycles. The maximum atomic E-state index is 11.8. The zero-order valence-electron chi connectivity index (χ0n) is 17.5. The van der Waals surface area contributed by atoms with E-state index in [4.69, 9.17) is 0 Å². The number of hydrogen-bond donors (Lipinski definition) is 3. The summed E-state index contributed by atoms with van der Waals surface area (Å²) in [7, 11) is 1.74. The van der Waals surface area contributed by atoms with Gasteiger partial charge in [-0.25, -0.2) is 0 Å². The number of carbonyl (C=O) groups excluding carboxylic acids is 1. The Morgan fingerprint density at radius 1 is 1.14 bits per heavy atom. The number of hydrogen-bond acceptors (Lipinski definition) is 3. The number of amides is 1. The first kappa shape index (κ1) is 24.7. The van der Waals surface area contributed by atoms with Crippen molar-refractivity contribution in [3.05, 3.63) is 35.4 Å². The van der Waals surface area contributed by atoms with Gasteiger partial charge in [-0.2, -0.15) is 0 Å². The van der Waals surface area contributed by atoms with Crippen molar-refractivity contribution < 1.29 is 4.79 Å². The van der Waals surface area contributed by atoms with Crippen LogP contribution in [0.15, 0.2) is 29.3 Å². The zero-order valence-corrected chi connectivity index (χ0v) is 19.8. The Balaban J connectivity index is 0.00000392. The molecule has 1 fully saturated rings. The number of carbonyl (C=O) groups is 1. The first-order chi connectivity index (χ1) is 13.1. The Hall–Kier alpha value is -1.35. The van der Waals surface area contributed by atoms with Crippen molar-refractivity contribution in [3.8, 4) is 0 Å². The zero-order chi connectivity index (χ0) is 19.5. The quantitative estimate of drug-likeness (QED) is 0.277. The minimum atomic E-state index is 0. The van der Waals surface area contributed by atoms with E-state index in [-0.39, 0.29) is 35.9 Å². The molecule has 1 aromatic rings. The van der Waals surface area contributed by atoms with Gasteiger partial charge in [0, 0.05) is 39.1 Å². The van der Waals surface area contributed by atoms with Gasteiger partial charge >= 0.3 is 0 Å². The van der Waals surface area contributed by atoms with Gasteiger partial charge in [0.1, 0.15) is 0 Å². The van der Waals surface area contributed by atoms with E-state index in [0.29, 0.717) is 25.5 Å². The molecule has 1 atom stereocenters. The van der Waals surface area contributed by atoms with Gasteiger partial charge in [0.05, 0.1) is 0 Å². The Bertz CT molecular complexity index is 599. The predicted octanol–water partition coefficient (Wildman–Crippen LogP) is 2.87. The van der Waals surface area contributed by atoms with Crippen molar-refractivity contribution in [2.45, 2.75) is 58.7 Å². The molecule has 158 valence electrons. The Morgan fingerprint density at radius 3 is 2.39 bits per heavy atom. The number of aliphatic imine (C=N–C) groups is 1. The average molecular weight is 501 g/mol. The molecule has 0 radical (unpaired) electrons.